The first-order valence-corrected chi connectivity index (χ1v) is 9.19. The van der Waals surface area contributed by atoms with E-state index in [4.69, 9.17) is 9.47 Å². The van der Waals surface area contributed by atoms with Gasteiger partial charge in [-0.1, -0.05) is 12.1 Å². The maximum Gasteiger partial charge on any atom is 0.308 e. The molecule has 2 aliphatic heterocycles. The Labute approximate surface area is 144 Å². The Hall–Kier alpha value is -2.42. The van der Waals surface area contributed by atoms with Gasteiger partial charge in [0.15, 0.2) is 5.60 Å². The quantitative estimate of drug-likeness (QED) is 0.749. The van der Waals surface area contributed by atoms with E-state index in [-0.39, 0.29) is 23.7 Å². The lowest BCUT2D eigenvalue weighted by Gasteiger charge is -2.26. The van der Waals surface area contributed by atoms with Crippen LogP contribution in [0.2, 0.25) is 0 Å². The Kier molecular flexibility index (Phi) is 4.06. The van der Waals surface area contributed by atoms with E-state index in [1.807, 2.05) is 0 Å². The molecule has 7 nitrogen and oxygen atoms in total. The Morgan fingerprint density at radius 3 is 2.68 bits per heavy atom. The minimum absolute atomic E-state index is 0.0991. The third kappa shape index (κ3) is 2.88. The molecule has 1 atom stereocenters. The van der Waals surface area contributed by atoms with Crippen molar-refractivity contribution in [3.63, 3.8) is 0 Å². The summed E-state index contributed by atoms with van der Waals surface area (Å²) >= 11 is 0. The Balaban J connectivity index is 2.09. The highest BCUT2D eigenvalue weighted by Gasteiger charge is 2.53. The Bertz CT molecular complexity index is 894. The SMILES string of the molecule is CC(=O)OC1=C(N2CCCS2(=O)=O)OC(C)(c2cccc(F)c2)C1=O. The summed E-state index contributed by atoms with van der Waals surface area (Å²) in [5, 5.41) is 0. The van der Waals surface area contributed by atoms with Gasteiger partial charge >= 0.3 is 5.97 Å². The third-order valence-electron chi connectivity index (χ3n) is 4.08. The number of sulfonamides is 1. The second kappa shape index (κ2) is 5.83. The first-order valence-electron chi connectivity index (χ1n) is 7.58. The molecule has 25 heavy (non-hydrogen) atoms. The van der Waals surface area contributed by atoms with Crippen molar-refractivity contribution in [2.24, 2.45) is 0 Å². The first-order chi connectivity index (χ1) is 11.6. The summed E-state index contributed by atoms with van der Waals surface area (Å²) in [6.07, 6.45) is 0.355. The van der Waals surface area contributed by atoms with Gasteiger partial charge in [-0.2, -0.15) is 0 Å². The molecule has 0 saturated carbocycles. The maximum atomic E-state index is 13.6. The predicted octanol–water partition coefficient (Wildman–Crippen LogP) is 1.41. The standard InChI is InChI=1S/C16H16FNO6S/c1-10(19)23-13-14(20)16(2,11-5-3-6-12(17)9-11)24-15(13)18-7-4-8-25(18,21)22/h3,5-6,9H,4,7-8H2,1-2H3. The number of nitrogens with zero attached hydrogens (tertiary/aromatic N) is 1. The van der Waals surface area contributed by atoms with Crippen molar-refractivity contribution in [2.45, 2.75) is 25.9 Å². The van der Waals surface area contributed by atoms with E-state index in [2.05, 4.69) is 0 Å². The molecule has 1 aromatic carbocycles. The number of Topliss-reactive ketones (excluding diaryl/α,β-unsaturated/α-hetero) is 1. The second-order valence-corrected chi connectivity index (χ2v) is 7.96. The molecule has 0 spiro atoms. The van der Waals surface area contributed by atoms with Gasteiger partial charge in [0.25, 0.3) is 11.7 Å². The number of esters is 1. The molecule has 1 fully saturated rings. The van der Waals surface area contributed by atoms with Gasteiger partial charge < -0.3 is 9.47 Å². The molecule has 1 saturated heterocycles. The number of halogens is 1. The van der Waals surface area contributed by atoms with Crippen LogP contribution in [0, 0.1) is 5.82 Å². The monoisotopic (exact) mass is 369 g/mol. The van der Waals surface area contributed by atoms with Crippen molar-refractivity contribution in [1.29, 1.82) is 0 Å². The van der Waals surface area contributed by atoms with Crippen LogP contribution in [-0.2, 0) is 34.7 Å². The number of hydrogen-bond donors (Lipinski definition) is 0. The number of hydrogen-bond acceptors (Lipinski definition) is 6. The van der Waals surface area contributed by atoms with E-state index in [1.54, 1.807) is 0 Å². The van der Waals surface area contributed by atoms with Crippen molar-refractivity contribution in [3.8, 4) is 0 Å². The number of ketones is 1. The van der Waals surface area contributed by atoms with Crippen LogP contribution >= 0.6 is 0 Å². The van der Waals surface area contributed by atoms with Crippen molar-refractivity contribution in [2.75, 3.05) is 12.3 Å². The first kappa shape index (κ1) is 17.4. The molecule has 3 rings (SSSR count). The van der Waals surface area contributed by atoms with Crippen molar-refractivity contribution < 1.29 is 31.9 Å². The van der Waals surface area contributed by atoms with Crippen molar-refractivity contribution >= 4 is 21.8 Å². The van der Waals surface area contributed by atoms with Gasteiger partial charge in [-0.3, -0.25) is 9.59 Å². The van der Waals surface area contributed by atoms with Crippen LogP contribution in [-0.4, -0.2) is 36.8 Å². The van der Waals surface area contributed by atoms with E-state index < -0.39 is 39.0 Å². The molecule has 9 heteroatoms. The smallest absolute Gasteiger partial charge is 0.308 e. The number of ether oxygens (including phenoxy) is 2. The van der Waals surface area contributed by atoms with Crippen LogP contribution in [0.1, 0.15) is 25.8 Å². The lowest BCUT2D eigenvalue weighted by molar-refractivity contribution is -0.142. The van der Waals surface area contributed by atoms with E-state index in [1.165, 1.54) is 25.1 Å². The molecule has 0 bridgehead atoms. The van der Waals surface area contributed by atoms with E-state index >= 15 is 0 Å². The predicted molar refractivity (Wildman–Crippen MR) is 83.7 cm³/mol. The summed E-state index contributed by atoms with van der Waals surface area (Å²) in [5.41, 5.74) is -1.51. The fourth-order valence-electron chi connectivity index (χ4n) is 2.84. The van der Waals surface area contributed by atoms with Crippen LogP contribution < -0.4 is 0 Å². The third-order valence-corrected chi connectivity index (χ3v) is 5.91. The minimum atomic E-state index is -3.67. The van der Waals surface area contributed by atoms with Crippen molar-refractivity contribution in [1.82, 2.24) is 4.31 Å². The van der Waals surface area contributed by atoms with Gasteiger partial charge in [0.1, 0.15) is 5.82 Å². The molecule has 2 aliphatic rings. The number of carbonyl (C=O) groups excluding carboxylic acids is 2. The van der Waals surface area contributed by atoms with Gasteiger partial charge in [0.05, 0.1) is 5.75 Å². The molecule has 1 aromatic rings. The molecule has 0 aliphatic carbocycles. The van der Waals surface area contributed by atoms with Crippen LogP contribution in [0.4, 0.5) is 4.39 Å². The minimum Gasteiger partial charge on any atom is -0.456 e. The molecular formula is C16H16FNO6S. The molecule has 1 unspecified atom stereocenters. The van der Waals surface area contributed by atoms with Crippen molar-refractivity contribution in [3.05, 3.63) is 47.3 Å². The fraction of sp³-hybridized carbons (Fsp3) is 0.375. The summed E-state index contributed by atoms with van der Waals surface area (Å²) < 4.78 is 49.5. The van der Waals surface area contributed by atoms with Gasteiger partial charge in [-0.05, 0) is 25.5 Å². The zero-order chi connectivity index (χ0) is 18.4. The van der Waals surface area contributed by atoms with Crippen LogP contribution in [0.25, 0.3) is 0 Å². The summed E-state index contributed by atoms with van der Waals surface area (Å²) in [4.78, 5) is 24.2. The second-order valence-electron chi connectivity index (χ2n) is 5.94. The lowest BCUT2D eigenvalue weighted by atomic mass is 9.91. The molecule has 2 heterocycles. The van der Waals surface area contributed by atoms with Crippen LogP contribution in [0.5, 0.6) is 0 Å². The van der Waals surface area contributed by atoms with E-state index in [0.717, 1.165) is 17.3 Å². The van der Waals surface area contributed by atoms with Gasteiger partial charge in [0.2, 0.25) is 15.8 Å². The number of carbonyl (C=O) groups is 2. The summed E-state index contributed by atoms with van der Waals surface area (Å²) in [7, 11) is -3.67. The Morgan fingerprint density at radius 1 is 1.40 bits per heavy atom. The normalized spacial score (nSPS) is 25.2. The molecule has 0 amide bonds. The fourth-order valence-corrected chi connectivity index (χ4v) is 4.34. The van der Waals surface area contributed by atoms with Gasteiger partial charge in [-0.25, -0.2) is 17.1 Å². The largest absolute Gasteiger partial charge is 0.456 e. The lowest BCUT2D eigenvalue weighted by Crippen LogP contribution is -2.33. The zero-order valence-electron chi connectivity index (χ0n) is 13.6. The van der Waals surface area contributed by atoms with E-state index in [0.29, 0.717) is 6.42 Å². The number of rotatable bonds is 3. The molecular weight excluding hydrogens is 353 g/mol. The topological polar surface area (TPSA) is 90.0 Å². The maximum absolute atomic E-state index is 13.6. The Morgan fingerprint density at radius 2 is 2.12 bits per heavy atom. The average molecular weight is 369 g/mol. The molecule has 0 aromatic heterocycles. The van der Waals surface area contributed by atoms with Crippen LogP contribution in [0.15, 0.2) is 35.9 Å². The molecule has 0 N–H and O–H groups in total. The highest BCUT2D eigenvalue weighted by molar-refractivity contribution is 7.89. The number of benzene rings is 1. The highest BCUT2D eigenvalue weighted by atomic mass is 32.2. The zero-order valence-corrected chi connectivity index (χ0v) is 14.4. The molecule has 0 radical (unpaired) electrons. The van der Waals surface area contributed by atoms with Gasteiger partial charge in [0, 0.05) is 19.0 Å². The highest BCUT2D eigenvalue weighted by Crippen LogP contribution is 2.42. The molecule has 134 valence electrons. The van der Waals surface area contributed by atoms with Crippen LogP contribution in [0.3, 0.4) is 0 Å². The van der Waals surface area contributed by atoms with Gasteiger partial charge in [-0.15, -0.1) is 0 Å². The average Bonchev–Trinajstić information content (AvgIpc) is 2.99. The summed E-state index contributed by atoms with van der Waals surface area (Å²) in [6, 6.07) is 5.21. The summed E-state index contributed by atoms with van der Waals surface area (Å²) in [5.74, 6) is -3.02. The summed E-state index contributed by atoms with van der Waals surface area (Å²) in [6.45, 7) is 2.58. The van der Waals surface area contributed by atoms with E-state index in [9.17, 15) is 22.4 Å².